The summed E-state index contributed by atoms with van der Waals surface area (Å²) >= 11 is 1.81. The second kappa shape index (κ2) is 7.97. The van der Waals surface area contributed by atoms with Gasteiger partial charge >= 0.3 is 0 Å². The molecule has 0 saturated heterocycles. The van der Waals surface area contributed by atoms with Crippen molar-refractivity contribution in [3.63, 3.8) is 0 Å². The lowest BCUT2D eigenvalue weighted by molar-refractivity contribution is 0.413. The Kier molecular flexibility index (Phi) is 5.39. The average Bonchev–Trinajstić information content (AvgIpc) is 2.84. The number of nitrogens with one attached hydrogen (secondary N) is 1. The van der Waals surface area contributed by atoms with E-state index in [0.717, 1.165) is 40.0 Å². The van der Waals surface area contributed by atoms with E-state index in [1.807, 2.05) is 54.2 Å². The van der Waals surface area contributed by atoms with Crippen molar-refractivity contribution in [2.75, 3.05) is 18.1 Å². The molecule has 29 heavy (non-hydrogen) atoms. The zero-order valence-electron chi connectivity index (χ0n) is 16.2. The van der Waals surface area contributed by atoms with Crippen LogP contribution < -0.4 is 9.46 Å². The molecule has 0 atom stereocenters. The molecule has 0 radical (unpaired) electrons. The van der Waals surface area contributed by atoms with E-state index in [2.05, 4.69) is 29.0 Å². The van der Waals surface area contributed by atoms with E-state index >= 15 is 0 Å². The van der Waals surface area contributed by atoms with Crippen molar-refractivity contribution < 1.29 is 13.2 Å². The second-order valence-corrected chi connectivity index (χ2v) is 9.60. The normalized spacial score (nSPS) is 14.6. The first kappa shape index (κ1) is 19.6. The summed E-state index contributed by atoms with van der Waals surface area (Å²) in [6, 6.07) is 21.9. The summed E-state index contributed by atoms with van der Waals surface area (Å²) in [4.78, 5) is 1.21. The molecule has 148 valence electrons. The number of hydrogen-bond acceptors (Lipinski definition) is 4. The Morgan fingerprint density at radius 3 is 2.62 bits per heavy atom. The molecule has 0 unspecified atom stereocenters. The van der Waals surface area contributed by atoms with E-state index < -0.39 is 10.0 Å². The third-order valence-corrected chi connectivity index (χ3v) is 6.39. The summed E-state index contributed by atoms with van der Waals surface area (Å²) in [7, 11) is -1.65. The fraction of sp³-hybridized carbons (Fsp3) is 0.130. The number of anilines is 1. The van der Waals surface area contributed by atoms with Crippen LogP contribution in [0.15, 0.2) is 71.6 Å². The molecule has 1 N–H and O–H groups in total. The van der Waals surface area contributed by atoms with Gasteiger partial charge in [0.1, 0.15) is 5.75 Å². The van der Waals surface area contributed by atoms with Crippen LogP contribution in [0, 0.1) is 0 Å². The molecule has 4 rings (SSSR count). The average molecular weight is 424 g/mol. The maximum Gasteiger partial charge on any atom is 0.229 e. The Morgan fingerprint density at radius 1 is 1.03 bits per heavy atom. The molecule has 0 spiro atoms. The zero-order chi connectivity index (χ0) is 20.4. The van der Waals surface area contributed by atoms with Crippen LogP contribution in [-0.4, -0.2) is 21.8 Å². The van der Waals surface area contributed by atoms with Crippen LogP contribution in [0.1, 0.15) is 22.3 Å². The van der Waals surface area contributed by atoms with Crippen LogP contribution in [0.2, 0.25) is 0 Å². The molecule has 0 aliphatic carbocycles. The summed E-state index contributed by atoms with van der Waals surface area (Å²) in [5, 5.41) is 0. The lowest BCUT2D eigenvalue weighted by Crippen LogP contribution is -2.09. The van der Waals surface area contributed by atoms with Crippen LogP contribution in [-0.2, 0) is 15.8 Å². The molecule has 3 aromatic carbocycles. The third kappa shape index (κ3) is 4.33. The van der Waals surface area contributed by atoms with Gasteiger partial charge in [-0.15, -0.1) is 11.8 Å². The Morgan fingerprint density at radius 2 is 1.83 bits per heavy atom. The number of sulfonamides is 1. The summed E-state index contributed by atoms with van der Waals surface area (Å²) < 4.78 is 31.5. The summed E-state index contributed by atoms with van der Waals surface area (Å²) in [6.45, 7) is 0. The molecule has 1 aliphatic heterocycles. The molecular weight excluding hydrogens is 402 g/mol. The zero-order valence-corrected chi connectivity index (χ0v) is 17.8. The molecule has 4 nitrogen and oxygen atoms in total. The molecular formula is C23H21NO3S2. The number of hydrogen-bond donors (Lipinski definition) is 1. The van der Waals surface area contributed by atoms with Crippen molar-refractivity contribution in [3.8, 4) is 5.75 Å². The second-order valence-electron chi connectivity index (χ2n) is 6.84. The summed E-state index contributed by atoms with van der Waals surface area (Å²) in [6.07, 6.45) is 3.25. The number of methoxy groups -OCH3 is 1. The first-order valence-corrected chi connectivity index (χ1v) is 12.0. The lowest BCUT2D eigenvalue weighted by atomic mass is 9.92. The van der Waals surface area contributed by atoms with Crippen LogP contribution >= 0.6 is 11.8 Å². The molecule has 0 amide bonds. The van der Waals surface area contributed by atoms with Crippen LogP contribution in [0.5, 0.6) is 5.75 Å². The van der Waals surface area contributed by atoms with Gasteiger partial charge in [-0.05, 0) is 52.6 Å². The Hall–Kier alpha value is -2.70. The number of ether oxygens (including phenoxy) is 1. The standard InChI is InChI=1S/C23H21NO3S2/c1-27-21-11-6-8-17-15-28-22-12-4-3-10-19(22)20(23(17)21)14-16-7-5-9-18(13-16)24-29(2,25)26/h3-14,24H,15H2,1-2H3. The van der Waals surface area contributed by atoms with Crippen LogP contribution in [0.4, 0.5) is 5.69 Å². The van der Waals surface area contributed by atoms with Crippen molar-refractivity contribution in [3.05, 3.63) is 89.0 Å². The van der Waals surface area contributed by atoms with Crippen LogP contribution in [0.25, 0.3) is 11.6 Å². The maximum absolute atomic E-state index is 11.6. The Labute approximate surface area is 175 Å². The van der Waals surface area contributed by atoms with Gasteiger partial charge in [0, 0.05) is 21.9 Å². The number of thioether (sulfide) groups is 1. The highest BCUT2D eigenvalue weighted by Gasteiger charge is 2.21. The van der Waals surface area contributed by atoms with Gasteiger partial charge in [0.15, 0.2) is 0 Å². The molecule has 3 aromatic rings. The molecule has 1 aliphatic rings. The first-order chi connectivity index (χ1) is 13.9. The van der Waals surface area contributed by atoms with E-state index in [-0.39, 0.29) is 0 Å². The lowest BCUT2D eigenvalue weighted by Gasteiger charge is -2.15. The minimum atomic E-state index is -3.33. The van der Waals surface area contributed by atoms with E-state index in [1.165, 1.54) is 10.5 Å². The van der Waals surface area contributed by atoms with Gasteiger partial charge < -0.3 is 4.74 Å². The van der Waals surface area contributed by atoms with Crippen molar-refractivity contribution in [2.24, 2.45) is 0 Å². The smallest absolute Gasteiger partial charge is 0.229 e. The number of fused-ring (bicyclic) bond motifs is 2. The fourth-order valence-corrected chi connectivity index (χ4v) is 5.12. The van der Waals surface area contributed by atoms with Gasteiger partial charge in [-0.1, -0.05) is 42.5 Å². The highest BCUT2D eigenvalue weighted by Crippen LogP contribution is 2.44. The van der Waals surface area contributed by atoms with Gasteiger partial charge in [-0.2, -0.15) is 0 Å². The third-order valence-electron chi connectivity index (χ3n) is 4.66. The van der Waals surface area contributed by atoms with Crippen molar-refractivity contribution >= 4 is 39.1 Å². The largest absolute Gasteiger partial charge is 0.496 e. The SMILES string of the molecule is COc1cccc2c1C(=Cc1cccc(NS(C)(=O)=O)c1)c1ccccc1SC2. The van der Waals surface area contributed by atoms with E-state index in [0.29, 0.717) is 5.69 Å². The van der Waals surface area contributed by atoms with E-state index in [9.17, 15) is 8.42 Å². The monoisotopic (exact) mass is 423 g/mol. The topological polar surface area (TPSA) is 55.4 Å². The fourth-order valence-electron chi connectivity index (χ4n) is 3.50. The number of rotatable bonds is 4. The Bertz CT molecular complexity index is 1200. The molecule has 1 heterocycles. The summed E-state index contributed by atoms with van der Waals surface area (Å²) in [5.74, 6) is 1.69. The maximum atomic E-state index is 11.6. The number of benzene rings is 3. The predicted octanol–water partition coefficient (Wildman–Crippen LogP) is 5.26. The van der Waals surface area contributed by atoms with Crippen molar-refractivity contribution in [2.45, 2.75) is 10.6 Å². The molecule has 0 aromatic heterocycles. The molecule has 0 bridgehead atoms. The van der Waals surface area contributed by atoms with E-state index in [1.54, 1.807) is 13.2 Å². The minimum Gasteiger partial charge on any atom is -0.496 e. The van der Waals surface area contributed by atoms with Crippen LogP contribution in [0.3, 0.4) is 0 Å². The van der Waals surface area contributed by atoms with E-state index in [4.69, 9.17) is 4.74 Å². The summed E-state index contributed by atoms with van der Waals surface area (Å²) in [5.41, 5.74) is 5.94. The van der Waals surface area contributed by atoms with Gasteiger partial charge in [0.05, 0.1) is 13.4 Å². The molecule has 0 fully saturated rings. The highest BCUT2D eigenvalue weighted by atomic mass is 32.2. The van der Waals surface area contributed by atoms with Crippen molar-refractivity contribution in [1.82, 2.24) is 0 Å². The van der Waals surface area contributed by atoms with Gasteiger partial charge in [-0.3, -0.25) is 4.72 Å². The highest BCUT2D eigenvalue weighted by molar-refractivity contribution is 7.98. The molecule has 0 saturated carbocycles. The molecule has 6 heteroatoms. The van der Waals surface area contributed by atoms with Gasteiger partial charge in [0.25, 0.3) is 0 Å². The van der Waals surface area contributed by atoms with Gasteiger partial charge in [0.2, 0.25) is 10.0 Å². The first-order valence-electron chi connectivity index (χ1n) is 9.12. The quantitative estimate of drug-likeness (QED) is 0.622. The Balaban J connectivity index is 1.92. The van der Waals surface area contributed by atoms with Crippen molar-refractivity contribution in [1.29, 1.82) is 0 Å². The predicted molar refractivity (Wildman–Crippen MR) is 121 cm³/mol. The van der Waals surface area contributed by atoms with Gasteiger partial charge in [-0.25, -0.2) is 8.42 Å². The minimum absolute atomic E-state index is 0.540.